The van der Waals surface area contributed by atoms with Crippen molar-refractivity contribution in [3.63, 3.8) is 0 Å². The van der Waals surface area contributed by atoms with Crippen molar-refractivity contribution < 1.29 is 19.2 Å². The van der Waals surface area contributed by atoms with E-state index in [1.165, 1.54) is 6.92 Å². The first-order chi connectivity index (χ1) is 8.25. The third kappa shape index (κ3) is 6.12. The van der Waals surface area contributed by atoms with Gasteiger partial charge in [-0.3, -0.25) is 19.2 Å². The maximum absolute atomic E-state index is 11.6. The predicted octanol–water partition coefficient (Wildman–Crippen LogP) is -0.331. The van der Waals surface area contributed by atoms with Crippen molar-refractivity contribution in [2.24, 2.45) is 11.8 Å². The van der Waals surface area contributed by atoms with Gasteiger partial charge in [-0.1, -0.05) is 20.8 Å². The molecular weight excluding hydrogens is 236 g/mol. The first kappa shape index (κ1) is 16.3. The molecule has 0 saturated heterocycles. The molecule has 1 atom stereocenters. The van der Waals surface area contributed by atoms with Crippen LogP contribution in [0.1, 0.15) is 27.7 Å². The molecule has 0 aliphatic carbocycles. The maximum atomic E-state index is 11.6. The number of hydrogen-bond acceptors (Lipinski definition) is 4. The van der Waals surface area contributed by atoms with E-state index in [4.69, 9.17) is 0 Å². The molecule has 2 amide bonds. The van der Waals surface area contributed by atoms with E-state index in [0.717, 1.165) is 0 Å². The Morgan fingerprint density at radius 3 is 1.94 bits per heavy atom. The minimum Gasteiger partial charge on any atom is -0.348 e. The Morgan fingerprint density at radius 1 is 0.944 bits per heavy atom. The van der Waals surface area contributed by atoms with Crippen LogP contribution >= 0.6 is 0 Å². The van der Waals surface area contributed by atoms with Crippen LogP contribution in [-0.4, -0.2) is 36.5 Å². The number of carbonyl (C=O) groups excluding carboxylic acids is 4. The Balaban J connectivity index is 4.07. The summed E-state index contributed by atoms with van der Waals surface area (Å²) in [5, 5.41) is 4.54. The number of ketones is 2. The van der Waals surface area contributed by atoms with Gasteiger partial charge >= 0.3 is 0 Å². The molecule has 102 valence electrons. The Kier molecular flexibility index (Phi) is 6.85. The van der Waals surface area contributed by atoms with Crippen molar-refractivity contribution in [1.29, 1.82) is 0 Å². The zero-order valence-electron chi connectivity index (χ0n) is 11.2. The number of carbonyl (C=O) groups is 4. The normalized spacial score (nSPS) is 11.8. The van der Waals surface area contributed by atoms with Gasteiger partial charge in [0.2, 0.25) is 11.7 Å². The summed E-state index contributed by atoms with van der Waals surface area (Å²) in [6.07, 6.45) is 0. The Bertz CT molecular complexity index is 350. The fraction of sp³-hybridized carbons (Fsp3) is 0.667. The van der Waals surface area contributed by atoms with Crippen molar-refractivity contribution in [1.82, 2.24) is 10.6 Å². The molecule has 18 heavy (non-hydrogen) atoms. The van der Waals surface area contributed by atoms with E-state index in [2.05, 4.69) is 10.6 Å². The molecule has 6 heteroatoms. The van der Waals surface area contributed by atoms with E-state index in [-0.39, 0.29) is 30.7 Å². The highest BCUT2D eigenvalue weighted by molar-refractivity contribution is 6.37. The zero-order chi connectivity index (χ0) is 14.3. The highest BCUT2D eigenvalue weighted by Crippen LogP contribution is 2.10. The van der Waals surface area contributed by atoms with Gasteiger partial charge in [-0.15, -0.1) is 0 Å². The smallest absolute Gasteiger partial charge is 0.288 e. The standard InChI is InChI=1S/C12H20N2O4/c1-7(2)9(4)11(17)12(18)14-6-10(16)13-5-8(3)15/h7,9H,5-6H2,1-4H3,(H,13,16)(H,14,18). The van der Waals surface area contributed by atoms with Crippen LogP contribution in [-0.2, 0) is 19.2 Å². The number of rotatable bonds is 7. The summed E-state index contributed by atoms with van der Waals surface area (Å²) in [7, 11) is 0. The van der Waals surface area contributed by atoms with E-state index in [1.807, 2.05) is 13.8 Å². The quantitative estimate of drug-likeness (QED) is 0.610. The first-order valence-electron chi connectivity index (χ1n) is 5.83. The molecule has 6 nitrogen and oxygen atoms in total. The van der Waals surface area contributed by atoms with Gasteiger partial charge in [0.05, 0.1) is 13.1 Å². The lowest BCUT2D eigenvalue weighted by Gasteiger charge is -2.13. The van der Waals surface area contributed by atoms with Crippen molar-refractivity contribution in [3.05, 3.63) is 0 Å². The topological polar surface area (TPSA) is 92.3 Å². The minimum absolute atomic E-state index is 0.0646. The van der Waals surface area contributed by atoms with Crippen LogP contribution < -0.4 is 10.6 Å². The molecule has 0 aliphatic heterocycles. The largest absolute Gasteiger partial charge is 0.348 e. The number of Topliss-reactive ketones (excluding diaryl/α,β-unsaturated/α-hetero) is 2. The lowest BCUT2D eigenvalue weighted by molar-refractivity contribution is -0.141. The molecule has 0 radical (unpaired) electrons. The molecule has 0 spiro atoms. The zero-order valence-corrected chi connectivity index (χ0v) is 11.2. The molecule has 0 saturated carbocycles. The Hall–Kier alpha value is -1.72. The van der Waals surface area contributed by atoms with Crippen molar-refractivity contribution in [2.45, 2.75) is 27.7 Å². The highest BCUT2D eigenvalue weighted by atomic mass is 16.2. The Morgan fingerprint density at radius 2 is 1.50 bits per heavy atom. The molecule has 2 N–H and O–H groups in total. The van der Waals surface area contributed by atoms with Crippen molar-refractivity contribution in [3.8, 4) is 0 Å². The van der Waals surface area contributed by atoms with Gasteiger partial charge in [-0.2, -0.15) is 0 Å². The van der Waals surface area contributed by atoms with Crippen LogP contribution in [0.15, 0.2) is 0 Å². The van der Waals surface area contributed by atoms with E-state index < -0.39 is 17.6 Å². The lowest BCUT2D eigenvalue weighted by Crippen LogP contribution is -2.42. The lowest BCUT2D eigenvalue weighted by atomic mass is 9.93. The van der Waals surface area contributed by atoms with Crippen LogP contribution in [0.3, 0.4) is 0 Å². The van der Waals surface area contributed by atoms with Gasteiger partial charge < -0.3 is 10.6 Å². The summed E-state index contributed by atoms with van der Waals surface area (Å²) in [4.78, 5) is 44.8. The molecule has 0 heterocycles. The average Bonchev–Trinajstić information content (AvgIpc) is 2.31. The summed E-state index contributed by atoms with van der Waals surface area (Å²) in [6, 6.07) is 0. The number of nitrogens with one attached hydrogen (secondary N) is 2. The molecule has 0 aromatic rings. The van der Waals surface area contributed by atoms with Crippen LogP contribution in [0.2, 0.25) is 0 Å². The molecule has 0 aliphatic rings. The monoisotopic (exact) mass is 256 g/mol. The van der Waals surface area contributed by atoms with Crippen LogP contribution in [0, 0.1) is 11.8 Å². The minimum atomic E-state index is -0.769. The van der Waals surface area contributed by atoms with Gasteiger partial charge in [0, 0.05) is 5.92 Å². The molecule has 0 aromatic carbocycles. The van der Waals surface area contributed by atoms with Crippen LogP contribution in [0.5, 0.6) is 0 Å². The average molecular weight is 256 g/mol. The maximum Gasteiger partial charge on any atom is 0.288 e. The van der Waals surface area contributed by atoms with Crippen molar-refractivity contribution >= 4 is 23.4 Å². The van der Waals surface area contributed by atoms with E-state index in [1.54, 1.807) is 6.92 Å². The second kappa shape index (κ2) is 7.58. The van der Waals surface area contributed by atoms with Gasteiger partial charge in [0.15, 0.2) is 0 Å². The molecule has 0 rings (SSSR count). The summed E-state index contributed by atoms with van der Waals surface area (Å²) in [5.41, 5.74) is 0. The Labute approximate surface area is 106 Å². The van der Waals surface area contributed by atoms with Gasteiger partial charge in [-0.25, -0.2) is 0 Å². The van der Waals surface area contributed by atoms with Crippen molar-refractivity contribution in [2.75, 3.05) is 13.1 Å². The summed E-state index contributed by atoms with van der Waals surface area (Å²) >= 11 is 0. The van der Waals surface area contributed by atoms with E-state index in [0.29, 0.717) is 0 Å². The molecule has 1 unspecified atom stereocenters. The molecule has 0 bridgehead atoms. The summed E-state index contributed by atoms with van der Waals surface area (Å²) < 4.78 is 0. The third-order valence-corrected chi connectivity index (χ3v) is 2.58. The second-order valence-electron chi connectivity index (χ2n) is 4.56. The fourth-order valence-electron chi connectivity index (χ4n) is 1.04. The van der Waals surface area contributed by atoms with Crippen LogP contribution in [0.4, 0.5) is 0 Å². The van der Waals surface area contributed by atoms with Gasteiger partial charge in [-0.05, 0) is 12.8 Å². The predicted molar refractivity (Wildman–Crippen MR) is 65.7 cm³/mol. The second-order valence-corrected chi connectivity index (χ2v) is 4.56. The molecular formula is C12H20N2O4. The first-order valence-corrected chi connectivity index (χ1v) is 5.83. The van der Waals surface area contributed by atoms with Crippen LogP contribution in [0.25, 0.3) is 0 Å². The molecule has 0 aromatic heterocycles. The number of hydrogen-bond donors (Lipinski definition) is 2. The third-order valence-electron chi connectivity index (χ3n) is 2.58. The fourth-order valence-corrected chi connectivity index (χ4v) is 1.04. The summed E-state index contributed by atoms with van der Waals surface area (Å²) in [6.45, 7) is 6.31. The van der Waals surface area contributed by atoms with E-state index >= 15 is 0 Å². The molecule has 0 fully saturated rings. The van der Waals surface area contributed by atoms with Gasteiger partial charge in [0.25, 0.3) is 5.91 Å². The van der Waals surface area contributed by atoms with E-state index in [9.17, 15) is 19.2 Å². The highest BCUT2D eigenvalue weighted by Gasteiger charge is 2.23. The number of amides is 2. The van der Waals surface area contributed by atoms with Gasteiger partial charge in [0.1, 0.15) is 5.78 Å². The summed E-state index contributed by atoms with van der Waals surface area (Å²) in [5.74, 6) is -2.30. The SMILES string of the molecule is CC(=O)CNC(=O)CNC(=O)C(=O)C(C)C(C)C.